The Morgan fingerprint density at radius 2 is 1.97 bits per heavy atom. The molecule has 1 saturated heterocycles. The van der Waals surface area contributed by atoms with Gasteiger partial charge in [-0.3, -0.25) is 14.9 Å². The van der Waals surface area contributed by atoms with E-state index in [2.05, 4.69) is 15.6 Å². The molecule has 9 heteroatoms. The predicted octanol–water partition coefficient (Wildman–Crippen LogP) is 1.60. The maximum Gasteiger partial charge on any atom is 0.249 e. The van der Waals surface area contributed by atoms with Crippen molar-refractivity contribution in [2.45, 2.75) is 18.9 Å². The minimum absolute atomic E-state index is 0.0134. The summed E-state index contributed by atoms with van der Waals surface area (Å²) in [6, 6.07) is 9.40. The van der Waals surface area contributed by atoms with Crippen LogP contribution in [0.2, 0.25) is 0 Å². The highest BCUT2D eigenvalue weighted by molar-refractivity contribution is 6.09. The third-order valence-electron chi connectivity index (χ3n) is 5.27. The van der Waals surface area contributed by atoms with E-state index in [1.54, 1.807) is 6.20 Å². The number of carbonyl (C=O) groups excluding carboxylic acids is 2. The highest BCUT2D eigenvalue weighted by atomic mass is 16.5. The molecule has 1 aliphatic heterocycles. The highest BCUT2D eigenvalue weighted by Crippen LogP contribution is 2.34. The Labute approximate surface area is 179 Å². The number of pyridine rings is 1. The number of nitrogens with zero attached hydrogens (tertiary/aromatic N) is 2. The first-order valence-corrected chi connectivity index (χ1v) is 10.4. The molecule has 1 aromatic carbocycles. The molecule has 1 aliphatic rings. The van der Waals surface area contributed by atoms with Crippen LogP contribution in [-0.2, 0) is 19.1 Å². The average molecular weight is 426 g/mol. The molecule has 3 N–H and O–H groups in total. The summed E-state index contributed by atoms with van der Waals surface area (Å²) >= 11 is 0. The topological polar surface area (TPSA) is 115 Å². The maximum atomic E-state index is 12.5. The summed E-state index contributed by atoms with van der Waals surface area (Å²) < 4.78 is 12.6. The van der Waals surface area contributed by atoms with Crippen LogP contribution in [0.15, 0.2) is 36.5 Å². The number of imide groups is 1. The number of piperidine rings is 1. The van der Waals surface area contributed by atoms with Gasteiger partial charge < -0.3 is 24.5 Å². The average Bonchev–Trinajstić information content (AvgIpc) is 3.09. The van der Waals surface area contributed by atoms with E-state index >= 15 is 0 Å². The predicted molar refractivity (Wildman–Crippen MR) is 116 cm³/mol. The molecule has 3 heterocycles. The summed E-state index contributed by atoms with van der Waals surface area (Å²) in [6.07, 6.45) is 2.49. The van der Waals surface area contributed by atoms with Crippen molar-refractivity contribution in [1.29, 1.82) is 0 Å². The van der Waals surface area contributed by atoms with Gasteiger partial charge in [0.1, 0.15) is 11.7 Å². The van der Waals surface area contributed by atoms with Gasteiger partial charge in [0.2, 0.25) is 11.8 Å². The number of anilines is 1. The first-order chi connectivity index (χ1) is 15.2. The molecule has 1 unspecified atom stereocenters. The van der Waals surface area contributed by atoms with Crippen LogP contribution in [0, 0.1) is 0 Å². The normalized spacial score (nSPS) is 16.7. The molecule has 0 spiro atoms. The standard InChI is InChI=1S/C22H26N4O5/c27-9-11-31-13-12-30-10-8-23-15-3-4-18-17(14-15)16-2-1-7-24-21(16)26(18)19-5-6-20(28)25-22(19)29/h1-4,7,14,19,23,27H,5-6,8-13H2,(H,25,28,29). The van der Waals surface area contributed by atoms with E-state index in [-0.39, 0.29) is 18.4 Å². The van der Waals surface area contributed by atoms with E-state index < -0.39 is 6.04 Å². The summed E-state index contributed by atoms with van der Waals surface area (Å²) in [6.45, 7) is 2.43. The molecule has 31 heavy (non-hydrogen) atoms. The summed E-state index contributed by atoms with van der Waals surface area (Å²) in [5, 5.41) is 16.4. The summed E-state index contributed by atoms with van der Waals surface area (Å²) in [4.78, 5) is 28.6. The zero-order chi connectivity index (χ0) is 21.6. The van der Waals surface area contributed by atoms with Gasteiger partial charge in [-0.1, -0.05) is 0 Å². The van der Waals surface area contributed by atoms with Gasteiger partial charge in [-0.25, -0.2) is 4.98 Å². The third kappa shape index (κ3) is 4.68. The van der Waals surface area contributed by atoms with Crippen molar-refractivity contribution in [3.05, 3.63) is 36.5 Å². The number of benzene rings is 1. The number of hydrogen-bond acceptors (Lipinski definition) is 7. The van der Waals surface area contributed by atoms with Gasteiger partial charge in [-0.05, 0) is 36.8 Å². The Morgan fingerprint density at radius 3 is 2.77 bits per heavy atom. The molecular formula is C22H26N4O5. The van der Waals surface area contributed by atoms with Gasteiger partial charge in [0, 0.05) is 35.6 Å². The number of carbonyl (C=O) groups is 2. The lowest BCUT2D eigenvalue weighted by molar-refractivity contribution is -0.135. The number of amides is 2. The Kier molecular flexibility index (Phi) is 6.76. The molecule has 9 nitrogen and oxygen atoms in total. The van der Waals surface area contributed by atoms with Crippen molar-refractivity contribution in [1.82, 2.24) is 14.9 Å². The number of nitrogens with one attached hydrogen (secondary N) is 2. The van der Waals surface area contributed by atoms with Crippen LogP contribution >= 0.6 is 0 Å². The van der Waals surface area contributed by atoms with E-state index in [0.717, 1.165) is 27.6 Å². The third-order valence-corrected chi connectivity index (χ3v) is 5.27. The zero-order valence-electron chi connectivity index (χ0n) is 17.2. The van der Waals surface area contributed by atoms with Crippen LogP contribution in [0.4, 0.5) is 5.69 Å². The fourth-order valence-electron chi connectivity index (χ4n) is 3.88. The molecular weight excluding hydrogens is 400 g/mol. The van der Waals surface area contributed by atoms with Crippen LogP contribution in [0.3, 0.4) is 0 Å². The Bertz CT molecular complexity index is 1080. The van der Waals surface area contributed by atoms with Crippen LogP contribution in [-0.4, -0.2) is 66.1 Å². The number of aromatic nitrogens is 2. The SMILES string of the molecule is O=C1CCC(n2c3ccc(NCCOCCOCCO)cc3c3cccnc32)C(=O)N1. The van der Waals surface area contributed by atoms with E-state index in [0.29, 0.717) is 45.8 Å². The minimum Gasteiger partial charge on any atom is -0.394 e. The molecule has 4 rings (SSSR count). The van der Waals surface area contributed by atoms with Crippen molar-refractivity contribution in [3.63, 3.8) is 0 Å². The van der Waals surface area contributed by atoms with E-state index in [1.807, 2.05) is 34.9 Å². The fourth-order valence-corrected chi connectivity index (χ4v) is 3.88. The number of hydrogen-bond donors (Lipinski definition) is 3. The van der Waals surface area contributed by atoms with Gasteiger partial charge in [0.25, 0.3) is 0 Å². The zero-order valence-corrected chi connectivity index (χ0v) is 17.2. The number of rotatable bonds is 10. The molecule has 1 fully saturated rings. The monoisotopic (exact) mass is 426 g/mol. The Hall–Kier alpha value is -3.01. The van der Waals surface area contributed by atoms with Gasteiger partial charge in [-0.2, -0.15) is 0 Å². The fraction of sp³-hybridized carbons (Fsp3) is 0.409. The van der Waals surface area contributed by atoms with Gasteiger partial charge in [0.05, 0.1) is 38.6 Å². The van der Waals surface area contributed by atoms with Crippen LogP contribution in [0.1, 0.15) is 18.9 Å². The summed E-state index contributed by atoms with van der Waals surface area (Å²) in [5.41, 5.74) is 2.58. The van der Waals surface area contributed by atoms with Crippen molar-refractivity contribution in [2.24, 2.45) is 0 Å². The lowest BCUT2D eigenvalue weighted by Gasteiger charge is -2.23. The largest absolute Gasteiger partial charge is 0.394 e. The Morgan fingerprint density at radius 1 is 1.13 bits per heavy atom. The summed E-state index contributed by atoms with van der Waals surface area (Å²) in [7, 11) is 0. The number of aliphatic hydroxyl groups is 1. The number of ether oxygens (including phenoxy) is 2. The first-order valence-electron chi connectivity index (χ1n) is 10.4. The van der Waals surface area contributed by atoms with Crippen LogP contribution < -0.4 is 10.6 Å². The second-order valence-corrected chi connectivity index (χ2v) is 7.32. The van der Waals surface area contributed by atoms with Crippen LogP contribution in [0.25, 0.3) is 21.9 Å². The van der Waals surface area contributed by atoms with E-state index in [4.69, 9.17) is 14.6 Å². The first kappa shape index (κ1) is 21.2. The quantitative estimate of drug-likeness (QED) is 0.333. The second kappa shape index (κ2) is 9.86. The Balaban J connectivity index is 1.50. The highest BCUT2D eigenvalue weighted by Gasteiger charge is 2.30. The lowest BCUT2D eigenvalue weighted by Crippen LogP contribution is -2.41. The molecule has 3 aromatic rings. The lowest BCUT2D eigenvalue weighted by atomic mass is 10.1. The van der Waals surface area contributed by atoms with Gasteiger partial charge in [0.15, 0.2) is 0 Å². The molecule has 0 saturated carbocycles. The smallest absolute Gasteiger partial charge is 0.249 e. The molecule has 0 aliphatic carbocycles. The molecule has 0 radical (unpaired) electrons. The van der Waals surface area contributed by atoms with E-state index in [1.165, 1.54) is 0 Å². The van der Waals surface area contributed by atoms with E-state index in [9.17, 15) is 9.59 Å². The van der Waals surface area contributed by atoms with Crippen LogP contribution in [0.5, 0.6) is 0 Å². The molecule has 1 atom stereocenters. The summed E-state index contributed by atoms with van der Waals surface area (Å²) in [5.74, 6) is -0.522. The number of fused-ring (bicyclic) bond motifs is 3. The molecule has 2 amide bonds. The van der Waals surface area contributed by atoms with Crippen molar-refractivity contribution >= 4 is 39.4 Å². The molecule has 0 bridgehead atoms. The maximum absolute atomic E-state index is 12.5. The van der Waals surface area contributed by atoms with Gasteiger partial charge in [-0.15, -0.1) is 0 Å². The minimum atomic E-state index is -0.465. The second-order valence-electron chi connectivity index (χ2n) is 7.32. The molecule has 2 aromatic heterocycles. The van der Waals surface area contributed by atoms with Gasteiger partial charge >= 0.3 is 0 Å². The van der Waals surface area contributed by atoms with Crippen molar-refractivity contribution < 1.29 is 24.2 Å². The van der Waals surface area contributed by atoms with Crippen molar-refractivity contribution in [2.75, 3.05) is 44.9 Å². The van der Waals surface area contributed by atoms with Crippen molar-refractivity contribution in [3.8, 4) is 0 Å². The molecule has 164 valence electrons. The number of aliphatic hydroxyl groups excluding tert-OH is 1.